The number of rotatable bonds is 3. The van der Waals surface area contributed by atoms with E-state index < -0.39 is 0 Å². The van der Waals surface area contributed by atoms with Crippen LogP contribution in [0.2, 0.25) is 0 Å². The van der Waals surface area contributed by atoms with Gasteiger partial charge in [-0.3, -0.25) is 0 Å². The van der Waals surface area contributed by atoms with Gasteiger partial charge < -0.3 is 0 Å². The minimum absolute atomic E-state index is 0.370. The summed E-state index contributed by atoms with van der Waals surface area (Å²) in [5.41, 5.74) is 4.91. The number of nitrogens with zero attached hydrogens (tertiary/aromatic N) is 2. The van der Waals surface area contributed by atoms with Crippen LogP contribution < -0.4 is 4.57 Å². The minimum Gasteiger partial charge on any atom is -0.220 e. The average molecular weight is 313 g/mol. The zero-order chi connectivity index (χ0) is 16.5. The molecule has 4 aromatic rings. The van der Waals surface area contributed by atoms with E-state index in [0.29, 0.717) is 6.04 Å². The van der Waals surface area contributed by atoms with Gasteiger partial charge in [-0.2, -0.15) is 4.57 Å². The van der Waals surface area contributed by atoms with E-state index in [1.54, 1.807) is 0 Å². The summed E-state index contributed by atoms with van der Waals surface area (Å²) in [7, 11) is 0. The molecule has 0 radical (unpaired) electrons. The highest BCUT2D eigenvalue weighted by atomic mass is 15.2. The molecule has 0 N–H and O–H groups in total. The van der Waals surface area contributed by atoms with Gasteiger partial charge in [0.25, 0.3) is 5.82 Å². The van der Waals surface area contributed by atoms with E-state index in [4.69, 9.17) is 0 Å². The van der Waals surface area contributed by atoms with E-state index in [1.165, 1.54) is 28.1 Å². The van der Waals surface area contributed by atoms with Gasteiger partial charge in [0.2, 0.25) is 0 Å². The Hall–Kier alpha value is -2.87. The van der Waals surface area contributed by atoms with Crippen LogP contribution in [0.25, 0.3) is 28.1 Å². The lowest BCUT2D eigenvalue weighted by atomic mass is 10.2. The molecular weight excluding hydrogens is 292 g/mol. The van der Waals surface area contributed by atoms with E-state index in [0.717, 1.165) is 0 Å². The highest BCUT2D eigenvalue weighted by molar-refractivity contribution is 5.79. The van der Waals surface area contributed by atoms with Crippen molar-refractivity contribution in [2.75, 3.05) is 0 Å². The quantitative estimate of drug-likeness (QED) is 0.462. The summed E-state index contributed by atoms with van der Waals surface area (Å²) >= 11 is 0. The lowest BCUT2D eigenvalue weighted by Gasteiger charge is -2.08. The predicted molar refractivity (Wildman–Crippen MR) is 99.3 cm³/mol. The van der Waals surface area contributed by atoms with Gasteiger partial charge in [0, 0.05) is 0 Å². The van der Waals surface area contributed by atoms with Crippen LogP contribution in [0.4, 0.5) is 0 Å². The molecule has 118 valence electrons. The number of para-hydroxylation sites is 3. The first-order valence-corrected chi connectivity index (χ1v) is 8.43. The fourth-order valence-electron chi connectivity index (χ4n) is 3.41. The van der Waals surface area contributed by atoms with Crippen LogP contribution in [-0.2, 0) is 0 Å². The smallest absolute Gasteiger partial charge is 0.220 e. The Balaban J connectivity index is 2.17. The fraction of sp³-hybridized carbons (Fsp3) is 0.136. The molecule has 4 rings (SSSR count). The Morgan fingerprint density at radius 1 is 0.708 bits per heavy atom. The zero-order valence-electron chi connectivity index (χ0n) is 14.1. The van der Waals surface area contributed by atoms with Crippen LogP contribution in [-0.4, -0.2) is 4.57 Å². The van der Waals surface area contributed by atoms with Crippen LogP contribution in [0.15, 0.2) is 84.9 Å². The number of fused-ring (bicyclic) bond motifs is 1. The Kier molecular flexibility index (Phi) is 3.66. The number of hydrogen-bond donors (Lipinski definition) is 0. The summed E-state index contributed by atoms with van der Waals surface area (Å²) in [5.74, 6) is 1.22. The molecule has 0 amide bonds. The van der Waals surface area contributed by atoms with Crippen molar-refractivity contribution in [1.29, 1.82) is 0 Å². The number of hydrogen-bond acceptors (Lipinski definition) is 0. The summed E-state index contributed by atoms with van der Waals surface area (Å²) in [4.78, 5) is 0. The zero-order valence-corrected chi connectivity index (χ0v) is 14.1. The van der Waals surface area contributed by atoms with Gasteiger partial charge in [-0.25, -0.2) is 4.57 Å². The van der Waals surface area contributed by atoms with Crippen LogP contribution in [0.5, 0.6) is 0 Å². The third-order valence-electron chi connectivity index (χ3n) is 4.38. The largest absolute Gasteiger partial charge is 0.295 e. The second kappa shape index (κ2) is 5.97. The van der Waals surface area contributed by atoms with Crippen LogP contribution in [0.3, 0.4) is 0 Å². The average Bonchev–Trinajstić information content (AvgIpc) is 2.98. The molecule has 2 heteroatoms. The maximum atomic E-state index is 2.43. The van der Waals surface area contributed by atoms with Crippen molar-refractivity contribution in [2.24, 2.45) is 0 Å². The molecule has 0 aliphatic heterocycles. The third kappa shape index (κ3) is 2.31. The first kappa shape index (κ1) is 14.7. The molecular formula is C22H21N2+. The maximum absolute atomic E-state index is 2.43. The predicted octanol–water partition coefficient (Wildman–Crippen LogP) is 5.17. The van der Waals surface area contributed by atoms with Gasteiger partial charge in [0.05, 0.1) is 11.6 Å². The van der Waals surface area contributed by atoms with Gasteiger partial charge in [-0.1, -0.05) is 48.5 Å². The van der Waals surface area contributed by atoms with Crippen LogP contribution in [0.1, 0.15) is 19.9 Å². The molecule has 0 fully saturated rings. The highest BCUT2D eigenvalue weighted by Gasteiger charge is 2.28. The molecule has 0 aliphatic rings. The normalized spacial score (nSPS) is 11.3. The maximum Gasteiger partial charge on any atom is 0.295 e. The number of aromatic nitrogens is 2. The standard InChI is InChI=1S/C22H21N2/c1-17(2)23-20-15-9-10-16-21(20)24(19-13-7-4-8-14-19)22(23)18-11-5-3-6-12-18/h3-17H,1-2H3/q+1. The molecule has 3 aromatic carbocycles. The molecule has 0 spiro atoms. The van der Waals surface area contributed by atoms with Crippen molar-refractivity contribution in [3.63, 3.8) is 0 Å². The van der Waals surface area contributed by atoms with Gasteiger partial charge in [0.15, 0.2) is 11.0 Å². The van der Waals surface area contributed by atoms with Crippen molar-refractivity contribution in [3.05, 3.63) is 84.9 Å². The molecule has 0 unspecified atom stereocenters. The molecule has 24 heavy (non-hydrogen) atoms. The Morgan fingerprint density at radius 2 is 1.29 bits per heavy atom. The number of imidazole rings is 1. The van der Waals surface area contributed by atoms with E-state index in [-0.39, 0.29) is 0 Å². The van der Waals surface area contributed by atoms with Crippen molar-refractivity contribution in [2.45, 2.75) is 19.9 Å². The van der Waals surface area contributed by atoms with Crippen LogP contribution in [0, 0.1) is 0 Å². The van der Waals surface area contributed by atoms with Crippen molar-refractivity contribution in [3.8, 4) is 17.1 Å². The lowest BCUT2D eigenvalue weighted by molar-refractivity contribution is -0.681. The fourth-order valence-corrected chi connectivity index (χ4v) is 3.41. The topological polar surface area (TPSA) is 8.81 Å². The van der Waals surface area contributed by atoms with Crippen molar-refractivity contribution in [1.82, 2.24) is 4.57 Å². The Labute approximate surface area is 142 Å². The second-order valence-electron chi connectivity index (χ2n) is 6.31. The monoisotopic (exact) mass is 313 g/mol. The third-order valence-corrected chi connectivity index (χ3v) is 4.38. The highest BCUT2D eigenvalue weighted by Crippen LogP contribution is 2.28. The number of benzene rings is 3. The lowest BCUT2D eigenvalue weighted by Crippen LogP contribution is -2.38. The van der Waals surface area contributed by atoms with E-state index in [9.17, 15) is 0 Å². The van der Waals surface area contributed by atoms with Gasteiger partial charge in [-0.15, -0.1) is 0 Å². The summed E-state index contributed by atoms with van der Waals surface area (Å²) in [6, 6.07) is 30.3. The summed E-state index contributed by atoms with van der Waals surface area (Å²) in [5, 5.41) is 0. The van der Waals surface area contributed by atoms with Gasteiger partial charge >= 0.3 is 0 Å². The molecule has 0 aliphatic carbocycles. The molecule has 0 bridgehead atoms. The Bertz CT molecular complexity index is 967. The Morgan fingerprint density at radius 3 is 1.96 bits per heavy atom. The second-order valence-corrected chi connectivity index (χ2v) is 6.31. The molecule has 1 heterocycles. The minimum atomic E-state index is 0.370. The van der Waals surface area contributed by atoms with Crippen molar-refractivity contribution < 1.29 is 4.57 Å². The van der Waals surface area contributed by atoms with Crippen molar-refractivity contribution >= 4 is 11.0 Å². The molecule has 0 saturated heterocycles. The first-order chi connectivity index (χ1) is 11.8. The summed E-state index contributed by atoms with van der Waals surface area (Å²) < 4.78 is 4.79. The van der Waals surface area contributed by atoms with Crippen LogP contribution >= 0.6 is 0 Å². The summed E-state index contributed by atoms with van der Waals surface area (Å²) in [6.45, 7) is 4.49. The van der Waals surface area contributed by atoms with E-state index in [2.05, 4.69) is 108 Å². The first-order valence-electron chi connectivity index (χ1n) is 8.43. The molecule has 1 aromatic heterocycles. The molecule has 0 atom stereocenters. The molecule has 0 saturated carbocycles. The van der Waals surface area contributed by atoms with Gasteiger partial charge in [-0.05, 0) is 50.2 Å². The SMILES string of the molecule is CC(C)[n+]1c(-c2ccccc2)n(-c2ccccc2)c2ccccc21. The van der Waals surface area contributed by atoms with Gasteiger partial charge in [0.1, 0.15) is 5.69 Å². The molecule has 2 nitrogen and oxygen atoms in total. The summed E-state index contributed by atoms with van der Waals surface area (Å²) in [6.07, 6.45) is 0. The van der Waals surface area contributed by atoms with E-state index >= 15 is 0 Å². The van der Waals surface area contributed by atoms with E-state index in [1.807, 2.05) is 0 Å².